The van der Waals surface area contributed by atoms with Gasteiger partial charge in [0.25, 0.3) is 0 Å². The normalized spacial score (nSPS) is 12.3. The molecule has 0 aliphatic carbocycles. The minimum absolute atomic E-state index is 0.427. The van der Waals surface area contributed by atoms with Gasteiger partial charge in [-0.05, 0) is 34.1 Å². The number of halogens is 3. The summed E-state index contributed by atoms with van der Waals surface area (Å²) in [7, 11) is 3.17. The lowest BCUT2D eigenvalue weighted by atomic mass is 10.0. The molecule has 1 atom stereocenters. The van der Waals surface area contributed by atoms with Crippen LogP contribution in [0.4, 0.5) is 0 Å². The molecular weight excluding hydrogens is 385 g/mol. The van der Waals surface area contributed by atoms with Crippen LogP contribution < -0.4 is 15.2 Å². The summed E-state index contributed by atoms with van der Waals surface area (Å²) in [4.78, 5) is 0. The molecule has 7 heteroatoms. The molecule has 1 heterocycles. The molecule has 0 aliphatic heterocycles. The van der Waals surface area contributed by atoms with Crippen LogP contribution in [-0.4, -0.2) is 14.2 Å². The number of methoxy groups -OCH3 is 2. The largest absolute Gasteiger partial charge is 0.495 e. The SMILES string of the molecule is COc1ccc(C(N)c2cc(Cl)sc2Cl)c(OC)c1Br. The molecule has 1 unspecified atom stereocenters. The Bertz CT molecular complexity index is 633. The molecule has 2 rings (SSSR count). The van der Waals surface area contributed by atoms with E-state index in [-0.39, 0.29) is 0 Å². The van der Waals surface area contributed by atoms with E-state index in [9.17, 15) is 0 Å². The Balaban J connectivity index is 2.52. The number of ether oxygens (including phenoxy) is 2. The summed E-state index contributed by atoms with van der Waals surface area (Å²) in [5.74, 6) is 1.29. The van der Waals surface area contributed by atoms with Gasteiger partial charge in [-0.25, -0.2) is 0 Å². The van der Waals surface area contributed by atoms with Crippen molar-refractivity contribution in [3.8, 4) is 11.5 Å². The first-order chi connectivity index (χ1) is 9.49. The number of hydrogen-bond acceptors (Lipinski definition) is 4. The van der Waals surface area contributed by atoms with E-state index < -0.39 is 6.04 Å². The second-order valence-corrected chi connectivity index (χ2v) is 7.04. The molecular formula is C13H12BrCl2NO2S. The zero-order chi connectivity index (χ0) is 14.9. The molecule has 0 radical (unpaired) electrons. The fraction of sp³-hybridized carbons (Fsp3) is 0.231. The first-order valence-electron chi connectivity index (χ1n) is 5.60. The Morgan fingerprint density at radius 1 is 1.20 bits per heavy atom. The number of nitrogens with two attached hydrogens (primary N) is 1. The van der Waals surface area contributed by atoms with Crippen molar-refractivity contribution in [2.24, 2.45) is 5.73 Å². The molecule has 2 N–H and O–H groups in total. The Morgan fingerprint density at radius 2 is 1.90 bits per heavy atom. The van der Waals surface area contributed by atoms with Crippen molar-refractivity contribution in [1.82, 2.24) is 0 Å². The highest BCUT2D eigenvalue weighted by atomic mass is 79.9. The van der Waals surface area contributed by atoms with E-state index in [0.717, 1.165) is 11.1 Å². The average molecular weight is 397 g/mol. The van der Waals surface area contributed by atoms with Crippen LogP contribution in [0.2, 0.25) is 8.67 Å². The lowest BCUT2D eigenvalue weighted by molar-refractivity contribution is 0.385. The van der Waals surface area contributed by atoms with Gasteiger partial charge in [0.2, 0.25) is 0 Å². The van der Waals surface area contributed by atoms with E-state index in [0.29, 0.717) is 24.6 Å². The van der Waals surface area contributed by atoms with Crippen LogP contribution in [0.25, 0.3) is 0 Å². The topological polar surface area (TPSA) is 44.5 Å². The van der Waals surface area contributed by atoms with E-state index in [1.165, 1.54) is 11.3 Å². The van der Waals surface area contributed by atoms with Gasteiger partial charge in [-0.3, -0.25) is 0 Å². The molecule has 0 saturated carbocycles. The summed E-state index contributed by atoms with van der Waals surface area (Å²) in [6.45, 7) is 0. The second-order valence-electron chi connectivity index (χ2n) is 3.96. The Kier molecular flexibility index (Phi) is 5.20. The van der Waals surface area contributed by atoms with Crippen LogP contribution in [0, 0.1) is 0 Å². The summed E-state index contributed by atoms with van der Waals surface area (Å²) in [6.07, 6.45) is 0. The summed E-state index contributed by atoms with van der Waals surface area (Å²) < 4.78 is 12.6. The molecule has 20 heavy (non-hydrogen) atoms. The Labute approximate surface area is 139 Å². The van der Waals surface area contributed by atoms with Crippen LogP contribution in [-0.2, 0) is 0 Å². The Morgan fingerprint density at radius 3 is 2.40 bits per heavy atom. The van der Waals surface area contributed by atoms with Crippen molar-refractivity contribution >= 4 is 50.5 Å². The van der Waals surface area contributed by atoms with Crippen LogP contribution in [0.3, 0.4) is 0 Å². The average Bonchev–Trinajstić information content (AvgIpc) is 2.76. The summed E-state index contributed by atoms with van der Waals surface area (Å²) >= 11 is 16.9. The van der Waals surface area contributed by atoms with Gasteiger partial charge in [-0.1, -0.05) is 23.2 Å². The van der Waals surface area contributed by atoms with Gasteiger partial charge in [0, 0.05) is 11.1 Å². The third-order valence-corrected chi connectivity index (χ3v) is 5.14. The smallest absolute Gasteiger partial charge is 0.141 e. The van der Waals surface area contributed by atoms with Gasteiger partial charge < -0.3 is 15.2 Å². The molecule has 0 saturated heterocycles. The van der Waals surface area contributed by atoms with Crippen molar-refractivity contribution in [3.63, 3.8) is 0 Å². The minimum atomic E-state index is -0.427. The van der Waals surface area contributed by atoms with Crippen molar-refractivity contribution < 1.29 is 9.47 Å². The quantitative estimate of drug-likeness (QED) is 0.800. The van der Waals surface area contributed by atoms with Gasteiger partial charge >= 0.3 is 0 Å². The first kappa shape index (κ1) is 15.9. The zero-order valence-electron chi connectivity index (χ0n) is 10.7. The van der Waals surface area contributed by atoms with E-state index in [1.807, 2.05) is 12.1 Å². The Hall–Kier alpha value is -0.460. The molecule has 0 aliphatic rings. The van der Waals surface area contributed by atoms with Gasteiger partial charge in [-0.2, -0.15) is 0 Å². The molecule has 2 aromatic rings. The molecule has 1 aromatic carbocycles. The van der Waals surface area contributed by atoms with Crippen molar-refractivity contribution in [1.29, 1.82) is 0 Å². The number of rotatable bonds is 4. The third kappa shape index (κ3) is 2.92. The van der Waals surface area contributed by atoms with Gasteiger partial charge in [0.15, 0.2) is 0 Å². The molecule has 3 nitrogen and oxygen atoms in total. The highest BCUT2D eigenvalue weighted by molar-refractivity contribution is 9.10. The summed E-state index contributed by atoms with van der Waals surface area (Å²) in [5, 5.41) is 0. The molecule has 0 amide bonds. The predicted molar refractivity (Wildman–Crippen MR) is 87.6 cm³/mol. The maximum atomic E-state index is 6.29. The lowest BCUT2D eigenvalue weighted by Gasteiger charge is -2.18. The standard InChI is InChI=1S/C13H12BrCl2NO2S/c1-18-8-4-3-6(12(19-2)10(8)14)11(17)7-5-9(15)20-13(7)16/h3-5,11H,17H2,1-2H3. The van der Waals surface area contributed by atoms with Gasteiger partial charge in [0.05, 0.1) is 28.9 Å². The lowest BCUT2D eigenvalue weighted by Crippen LogP contribution is -2.13. The molecule has 0 bridgehead atoms. The van der Waals surface area contributed by atoms with Crippen LogP contribution >= 0.6 is 50.5 Å². The molecule has 1 aromatic heterocycles. The third-order valence-electron chi connectivity index (χ3n) is 2.87. The van der Waals surface area contributed by atoms with Crippen LogP contribution in [0.15, 0.2) is 22.7 Å². The fourth-order valence-electron chi connectivity index (χ4n) is 1.90. The van der Waals surface area contributed by atoms with Gasteiger partial charge in [-0.15, -0.1) is 11.3 Å². The number of benzene rings is 1. The van der Waals surface area contributed by atoms with Crippen molar-refractivity contribution in [3.05, 3.63) is 42.5 Å². The first-order valence-corrected chi connectivity index (χ1v) is 7.96. The highest BCUT2D eigenvalue weighted by Crippen LogP contribution is 2.43. The number of hydrogen-bond donors (Lipinski definition) is 1. The van der Waals surface area contributed by atoms with Crippen LogP contribution in [0.1, 0.15) is 17.2 Å². The summed E-state index contributed by atoms with van der Waals surface area (Å²) in [5.41, 5.74) is 7.87. The zero-order valence-corrected chi connectivity index (χ0v) is 14.7. The van der Waals surface area contributed by atoms with Crippen molar-refractivity contribution in [2.75, 3.05) is 14.2 Å². The van der Waals surface area contributed by atoms with E-state index >= 15 is 0 Å². The molecule has 0 spiro atoms. The van der Waals surface area contributed by atoms with E-state index in [1.54, 1.807) is 20.3 Å². The van der Waals surface area contributed by atoms with Gasteiger partial charge in [0.1, 0.15) is 16.0 Å². The number of thiophene rings is 1. The fourth-order valence-corrected chi connectivity index (χ4v) is 4.13. The van der Waals surface area contributed by atoms with Crippen molar-refractivity contribution in [2.45, 2.75) is 6.04 Å². The molecule has 108 valence electrons. The van der Waals surface area contributed by atoms with Crippen LogP contribution in [0.5, 0.6) is 11.5 Å². The summed E-state index contributed by atoms with van der Waals surface area (Å²) in [6, 6.07) is 5.03. The monoisotopic (exact) mass is 395 g/mol. The predicted octanol–water partition coefficient (Wildman–Crippen LogP) is 4.88. The molecule has 0 fully saturated rings. The van der Waals surface area contributed by atoms with E-state index in [4.69, 9.17) is 38.4 Å². The second kappa shape index (κ2) is 6.54. The maximum absolute atomic E-state index is 6.29. The maximum Gasteiger partial charge on any atom is 0.141 e. The van der Waals surface area contributed by atoms with E-state index in [2.05, 4.69) is 15.9 Å². The minimum Gasteiger partial charge on any atom is -0.495 e. The highest BCUT2D eigenvalue weighted by Gasteiger charge is 2.22.